The highest BCUT2D eigenvalue weighted by molar-refractivity contribution is 6.01. The number of carbonyl (C=O) groups excluding carboxylic acids is 2. The molecular weight excluding hydrogens is 270 g/mol. The van der Waals surface area contributed by atoms with Gasteiger partial charge in [-0.1, -0.05) is 6.07 Å². The molecule has 2 amide bonds. The van der Waals surface area contributed by atoms with Gasteiger partial charge in [0, 0.05) is 20.1 Å². The van der Waals surface area contributed by atoms with Crippen molar-refractivity contribution in [3.05, 3.63) is 28.8 Å². The van der Waals surface area contributed by atoms with Crippen molar-refractivity contribution in [2.75, 3.05) is 20.1 Å². The van der Waals surface area contributed by atoms with E-state index in [0.717, 1.165) is 30.8 Å². The number of hydrogen-bond donors (Lipinski definition) is 1. The zero-order valence-electron chi connectivity index (χ0n) is 12.1. The predicted molar refractivity (Wildman–Crippen MR) is 77.0 cm³/mol. The Morgan fingerprint density at radius 3 is 2.71 bits per heavy atom. The van der Waals surface area contributed by atoms with Crippen LogP contribution in [0, 0.1) is 0 Å². The summed E-state index contributed by atoms with van der Waals surface area (Å²) >= 11 is 0. The molecule has 3 rings (SSSR count). The standard InChI is InChI=1S/C15H19N3O3/c1-17-9-11-10(8-18-6-2-3-7-18)4-5-12(21-15(16)20)13(11)14(17)19/h4-5H,2-3,6-9H2,1H3,(H2,16,20). The second-order valence-electron chi connectivity index (χ2n) is 5.64. The van der Waals surface area contributed by atoms with E-state index in [4.69, 9.17) is 10.5 Å². The molecule has 112 valence electrons. The third kappa shape index (κ3) is 2.58. The van der Waals surface area contributed by atoms with Gasteiger partial charge < -0.3 is 15.4 Å². The molecule has 2 N–H and O–H groups in total. The monoisotopic (exact) mass is 289 g/mol. The zero-order chi connectivity index (χ0) is 15.0. The lowest BCUT2D eigenvalue weighted by Gasteiger charge is -2.17. The van der Waals surface area contributed by atoms with Crippen LogP contribution in [-0.4, -0.2) is 41.9 Å². The van der Waals surface area contributed by atoms with Gasteiger partial charge in [0.25, 0.3) is 5.91 Å². The van der Waals surface area contributed by atoms with E-state index >= 15 is 0 Å². The molecule has 1 saturated heterocycles. The van der Waals surface area contributed by atoms with Crippen molar-refractivity contribution >= 4 is 12.0 Å². The minimum Gasteiger partial charge on any atom is -0.410 e. The van der Waals surface area contributed by atoms with E-state index in [0.29, 0.717) is 12.1 Å². The van der Waals surface area contributed by atoms with Crippen molar-refractivity contribution in [2.24, 2.45) is 5.73 Å². The normalized spacial score (nSPS) is 18.1. The zero-order valence-corrected chi connectivity index (χ0v) is 12.1. The Morgan fingerprint density at radius 1 is 1.33 bits per heavy atom. The maximum atomic E-state index is 12.3. The predicted octanol–water partition coefficient (Wildman–Crippen LogP) is 1.33. The first kappa shape index (κ1) is 13.9. The van der Waals surface area contributed by atoms with Gasteiger partial charge in [0.2, 0.25) is 0 Å². The third-order valence-corrected chi connectivity index (χ3v) is 4.13. The maximum Gasteiger partial charge on any atom is 0.409 e. The number of carbonyl (C=O) groups is 2. The van der Waals surface area contributed by atoms with E-state index in [1.807, 2.05) is 6.07 Å². The van der Waals surface area contributed by atoms with Crippen molar-refractivity contribution in [3.8, 4) is 5.75 Å². The summed E-state index contributed by atoms with van der Waals surface area (Å²) < 4.78 is 4.98. The first-order valence-electron chi connectivity index (χ1n) is 7.16. The van der Waals surface area contributed by atoms with Gasteiger partial charge in [-0.3, -0.25) is 9.69 Å². The fourth-order valence-corrected chi connectivity index (χ4v) is 3.11. The summed E-state index contributed by atoms with van der Waals surface area (Å²) in [5, 5.41) is 0. The van der Waals surface area contributed by atoms with E-state index in [-0.39, 0.29) is 11.7 Å². The highest BCUT2D eigenvalue weighted by Crippen LogP contribution is 2.34. The number of nitrogens with zero attached hydrogens (tertiary/aromatic N) is 2. The fourth-order valence-electron chi connectivity index (χ4n) is 3.11. The molecule has 0 radical (unpaired) electrons. The van der Waals surface area contributed by atoms with Crippen molar-refractivity contribution in [3.63, 3.8) is 0 Å². The molecular formula is C15H19N3O3. The number of likely N-dealkylation sites (tertiary alicyclic amines) is 1. The van der Waals surface area contributed by atoms with Crippen LogP contribution < -0.4 is 10.5 Å². The maximum absolute atomic E-state index is 12.3. The quantitative estimate of drug-likeness (QED) is 0.910. The first-order chi connectivity index (χ1) is 10.1. The number of benzene rings is 1. The van der Waals surface area contributed by atoms with Gasteiger partial charge in [-0.15, -0.1) is 0 Å². The van der Waals surface area contributed by atoms with E-state index < -0.39 is 6.09 Å². The number of amides is 2. The van der Waals surface area contributed by atoms with E-state index in [1.165, 1.54) is 12.8 Å². The minimum absolute atomic E-state index is 0.121. The van der Waals surface area contributed by atoms with E-state index in [2.05, 4.69) is 4.90 Å². The summed E-state index contributed by atoms with van der Waals surface area (Å²) in [6, 6.07) is 3.61. The Labute approximate surface area is 123 Å². The molecule has 6 heteroatoms. The molecule has 0 atom stereocenters. The van der Waals surface area contributed by atoms with Crippen molar-refractivity contribution < 1.29 is 14.3 Å². The topological polar surface area (TPSA) is 75.9 Å². The van der Waals surface area contributed by atoms with Crippen LogP contribution in [0.2, 0.25) is 0 Å². The molecule has 0 aromatic heterocycles. The smallest absolute Gasteiger partial charge is 0.409 e. The molecule has 0 aliphatic carbocycles. The molecule has 0 saturated carbocycles. The van der Waals surface area contributed by atoms with Crippen molar-refractivity contribution in [1.82, 2.24) is 9.80 Å². The summed E-state index contributed by atoms with van der Waals surface area (Å²) in [7, 11) is 1.75. The van der Waals surface area contributed by atoms with Crippen LogP contribution in [0.3, 0.4) is 0 Å². The molecule has 1 aromatic rings. The lowest BCUT2D eigenvalue weighted by atomic mass is 10.0. The first-order valence-corrected chi connectivity index (χ1v) is 7.16. The van der Waals surface area contributed by atoms with Gasteiger partial charge >= 0.3 is 6.09 Å². The molecule has 1 fully saturated rings. The second kappa shape index (κ2) is 5.37. The van der Waals surface area contributed by atoms with Gasteiger partial charge in [-0.25, -0.2) is 4.79 Å². The Morgan fingerprint density at radius 2 is 2.05 bits per heavy atom. The number of fused-ring (bicyclic) bond motifs is 1. The van der Waals surface area contributed by atoms with Crippen molar-refractivity contribution in [1.29, 1.82) is 0 Å². The molecule has 2 heterocycles. The van der Waals surface area contributed by atoms with Gasteiger partial charge in [0.15, 0.2) is 0 Å². The van der Waals surface area contributed by atoms with Gasteiger partial charge in [-0.05, 0) is 43.1 Å². The fraction of sp³-hybridized carbons (Fsp3) is 0.467. The number of ether oxygens (including phenoxy) is 1. The summed E-state index contributed by atoms with van der Waals surface area (Å²) in [6.07, 6.45) is 1.56. The van der Waals surface area contributed by atoms with Crippen molar-refractivity contribution in [2.45, 2.75) is 25.9 Å². The molecule has 21 heavy (non-hydrogen) atoms. The van der Waals surface area contributed by atoms with Gasteiger partial charge in [0.05, 0.1) is 5.56 Å². The van der Waals surface area contributed by atoms with Crippen LogP contribution in [0.25, 0.3) is 0 Å². The summed E-state index contributed by atoms with van der Waals surface area (Å²) in [6.45, 7) is 3.57. The summed E-state index contributed by atoms with van der Waals surface area (Å²) in [5.74, 6) is 0.140. The van der Waals surface area contributed by atoms with Crippen LogP contribution in [0.5, 0.6) is 5.75 Å². The SMILES string of the molecule is CN1Cc2c(CN3CCCC3)ccc(OC(N)=O)c2C1=O. The average molecular weight is 289 g/mol. The second-order valence-corrected chi connectivity index (χ2v) is 5.64. The largest absolute Gasteiger partial charge is 0.410 e. The Kier molecular flexibility index (Phi) is 3.55. The third-order valence-electron chi connectivity index (χ3n) is 4.13. The van der Waals surface area contributed by atoms with Crippen LogP contribution in [0.15, 0.2) is 12.1 Å². The summed E-state index contributed by atoms with van der Waals surface area (Å²) in [4.78, 5) is 27.3. The Bertz CT molecular complexity index is 594. The van der Waals surface area contributed by atoms with Crippen LogP contribution in [0.4, 0.5) is 4.79 Å². The Hall–Kier alpha value is -2.08. The number of hydrogen-bond acceptors (Lipinski definition) is 4. The lowest BCUT2D eigenvalue weighted by Crippen LogP contribution is -2.21. The molecule has 2 aliphatic rings. The van der Waals surface area contributed by atoms with Crippen LogP contribution in [0.1, 0.15) is 34.3 Å². The molecule has 6 nitrogen and oxygen atoms in total. The molecule has 1 aromatic carbocycles. The molecule has 0 spiro atoms. The average Bonchev–Trinajstić information content (AvgIpc) is 3.02. The number of nitrogens with two attached hydrogens (primary N) is 1. The van der Waals surface area contributed by atoms with Gasteiger partial charge in [-0.2, -0.15) is 0 Å². The minimum atomic E-state index is -0.896. The van der Waals surface area contributed by atoms with E-state index in [1.54, 1.807) is 18.0 Å². The Balaban J connectivity index is 1.96. The lowest BCUT2D eigenvalue weighted by molar-refractivity contribution is 0.0814. The highest BCUT2D eigenvalue weighted by atomic mass is 16.5. The van der Waals surface area contributed by atoms with E-state index in [9.17, 15) is 9.59 Å². The molecule has 0 bridgehead atoms. The molecule has 0 unspecified atom stereocenters. The van der Waals surface area contributed by atoms with Crippen LogP contribution in [-0.2, 0) is 13.1 Å². The van der Waals surface area contributed by atoms with Crippen LogP contribution >= 0.6 is 0 Å². The highest BCUT2D eigenvalue weighted by Gasteiger charge is 2.31. The summed E-state index contributed by atoms with van der Waals surface area (Å²) in [5.41, 5.74) is 7.63. The number of primary amides is 1. The molecule has 2 aliphatic heterocycles. The number of rotatable bonds is 3. The van der Waals surface area contributed by atoms with Gasteiger partial charge in [0.1, 0.15) is 5.75 Å².